The Morgan fingerprint density at radius 1 is 1.23 bits per heavy atom. The maximum atomic E-state index is 13.6. The number of fused-ring (bicyclic) bond motifs is 1. The number of rotatable bonds is 5. The van der Waals surface area contributed by atoms with Crippen molar-refractivity contribution in [2.24, 2.45) is 16.5 Å². The third-order valence-corrected chi connectivity index (χ3v) is 8.37. The molecule has 1 unspecified atom stereocenters. The molecule has 4 atom stereocenters. The van der Waals surface area contributed by atoms with Crippen molar-refractivity contribution in [2.45, 2.75) is 55.3 Å². The molecule has 4 aliphatic rings. The van der Waals surface area contributed by atoms with Crippen LogP contribution in [0.15, 0.2) is 46.0 Å². The number of nitrogens with zero attached hydrogens (tertiary/aromatic N) is 2. The molecule has 4 aliphatic heterocycles. The predicted molar refractivity (Wildman–Crippen MR) is 141 cm³/mol. The van der Waals surface area contributed by atoms with Crippen LogP contribution in [-0.4, -0.2) is 88.1 Å². The Kier molecular flexibility index (Phi) is 5.75. The Hall–Kier alpha value is -4.30. The van der Waals surface area contributed by atoms with Gasteiger partial charge in [-0.15, -0.1) is 0 Å². The fourth-order valence-electron chi connectivity index (χ4n) is 6.21. The molecule has 1 aromatic heterocycles. The molecule has 1 saturated heterocycles. The minimum Gasteiger partial charge on any atom is -0.492 e. The molecule has 14 heteroatoms. The smallest absolute Gasteiger partial charge is 0.343 e. The number of ether oxygens (including phenoxy) is 1. The van der Waals surface area contributed by atoms with Crippen LogP contribution in [0.4, 0.5) is 0 Å². The summed E-state index contributed by atoms with van der Waals surface area (Å²) in [5.41, 5.74) is 11.7. The minimum absolute atomic E-state index is 0.0103. The molecule has 0 saturated carbocycles. The van der Waals surface area contributed by atoms with Crippen molar-refractivity contribution in [3.8, 4) is 5.75 Å². The molecule has 2 amide bonds. The van der Waals surface area contributed by atoms with Crippen LogP contribution in [0.2, 0.25) is 0 Å². The van der Waals surface area contributed by atoms with E-state index in [1.807, 2.05) is 6.07 Å². The average molecular weight is 554 g/mol. The molecule has 40 heavy (non-hydrogen) atoms. The largest absolute Gasteiger partial charge is 0.492 e. The van der Waals surface area contributed by atoms with Crippen molar-refractivity contribution >= 4 is 23.7 Å². The monoisotopic (exact) mass is 553 g/mol. The summed E-state index contributed by atoms with van der Waals surface area (Å²) >= 11 is 0. The van der Waals surface area contributed by atoms with Crippen LogP contribution in [-0.2, 0) is 5.41 Å². The average Bonchev–Trinajstić information content (AvgIpc) is 3.61. The lowest BCUT2D eigenvalue weighted by Gasteiger charge is -2.46. The summed E-state index contributed by atoms with van der Waals surface area (Å²) in [5.74, 6) is -2.92. The Morgan fingerprint density at radius 3 is 2.77 bits per heavy atom. The lowest BCUT2D eigenvalue weighted by atomic mass is 9.79. The highest BCUT2D eigenvalue weighted by Gasteiger charge is 2.76. The van der Waals surface area contributed by atoms with E-state index in [1.54, 1.807) is 18.2 Å². The van der Waals surface area contributed by atoms with Crippen LogP contribution in [0.5, 0.6) is 5.75 Å². The molecule has 2 aromatic rings. The zero-order valence-electron chi connectivity index (χ0n) is 22.1. The summed E-state index contributed by atoms with van der Waals surface area (Å²) < 4.78 is 11.0. The first-order valence-corrected chi connectivity index (χ1v) is 13.1. The summed E-state index contributed by atoms with van der Waals surface area (Å²) in [6.07, 6.45) is 2.19. The number of para-hydroxylation sites is 1. The highest BCUT2D eigenvalue weighted by atomic mass is 16.5. The first-order chi connectivity index (χ1) is 19.0. The number of amides is 2. The molecular formula is C26H33N8O6+. The molecule has 0 radical (unpaired) electrons. The zero-order valence-corrected chi connectivity index (χ0v) is 22.1. The van der Waals surface area contributed by atoms with Gasteiger partial charge in [0.25, 0.3) is 17.5 Å². The van der Waals surface area contributed by atoms with Gasteiger partial charge in [0.2, 0.25) is 5.79 Å². The molecule has 6 rings (SSSR count). The van der Waals surface area contributed by atoms with Crippen molar-refractivity contribution in [2.75, 3.05) is 19.7 Å². The van der Waals surface area contributed by atoms with Crippen molar-refractivity contribution in [1.82, 2.24) is 20.9 Å². The molecular weight excluding hydrogens is 520 g/mol. The second kappa shape index (κ2) is 8.86. The topological polar surface area (TPSA) is 215 Å². The lowest BCUT2D eigenvalue weighted by Crippen LogP contribution is -2.90. The Balaban J connectivity index is 1.27. The Bertz CT molecular complexity index is 1420. The van der Waals surface area contributed by atoms with Gasteiger partial charge >= 0.3 is 5.96 Å². The summed E-state index contributed by atoms with van der Waals surface area (Å²) in [5, 5.41) is 31.8. The van der Waals surface area contributed by atoms with Crippen LogP contribution in [0.3, 0.4) is 0 Å². The van der Waals surface area contributed by atoms with Gasteiger partial charge in [0.15, 0.2) is 17.8 Å². The summed E-state index contributed by atoms with van der Waals surface area (Å²) in [6, 6.07) is 5.66. The number of carbonyl (C=O) groups is 2. The second-order valence-electron chi connectivity index (χ2n) is 11.2. The van der Waals surface area contributed by atoms with Gasteiger partial charge in [-0.2, -0.15) is 0 Å². The lowest BCUT2D eigenvalue weighted by molar-refractivity contribution is -0.521. The van der Waals surface area contributed by atoms with Gasteiger partial charge in [0, 0.05) is 12.1 Å². The molecule has 1 aromatic carbocycles. The molecule has 10 N–H and O–H groups in total. The maximum absolute atomic E-state index is 13.6. The van der Waals surface area contributed by atoms with Crippen LogP contribution >= 0.6 is 0 Å². The molecule has 0 bridgehead atoms. The van der Waals surface area contributed by atoms with E-state index < -0.39 is 41.4 Å². The molecule has 14 nitrogen and oxygen atoms in total. The second-order valence-corrected chi connectivity index (χ2v) is 11.2. The highest BCUT2D eigenvalue weighted by Crippen LogP contribution is 2.43. The van der Waals surface area contributed by atoms with Crippen molar-refractivity contribution in [3.05, 3.63) is 53.5 Å². The normalized spacial score (nSPS) is 29.1. The van der Waals surface area contributed by atoms with Gasteiger partial charge in [0.1, 0.15) is 17.8 Å². The number of hydrogen-bond acceptors (Lipinski definition) is 11. The van der Waals surface area contributed by atoms with E-state index in [0.717, 1.165) is 12.0 Å². The van der Waals surface area contributed by atoms with Crippen LogP contribution in [0.1, 0.15) is 46.7 Å². The van der Waals surface area contributed by atoms with Gasteiger partial charge in [0.05, 0.1) is 25.0 Å². The Labute approximate surface area is 229 Å². The van der Waals surface area contributed by atoms with E-state index in [-0.39, 0.29) is 36.2 Å². The molecule has 0 aliphatic carbocycles. The summed E-state index contributed by atoms with van der Waals surface area (Å²) in [7, 11) is 0. The third-order valence-electron chi connectivity index (χ3n) is 8.37. The van der Waals surface area contributed by atoms with Gasteiger partial charge in [-0.05, 0) is 30.0 Å². The number of nitrogens with one attached hydrogen (secondary N) is 4. The first kappa shape index (κ1) is 26.0. The van der Waals surface area contributed by atoms with Gasteiger partial charge in [-0.25, -0.2) is 10.3 Å². The molecule has 1 spiro atoms. The molecule has 1 fully saturated rings. The van der Waals surface area contributed by atoms with E-state index in [4.69, 9.17) is 20.6 Å². The van der Waals surface area contributed by atoms with E-state index in [1.165, 1.54) is 17.2 Å². The van der Waals surface area contributed by atoms with Crippen LogP contribution in [0, 0.1) is 0 Å². The van der Waals surface area contributed by atoms with Crippen molar-refractivity contribution < 1.29 is 33.9 Å². The number of nitrogens with two attached hydrogens (primary N) is 2. The summed E-state index contributed by atoms with van der Waals surface area (Å²) in [4.78, 5) is 35.0. The number of furan rings is 1. The fraction of sp³-hybridized carbons (Fsp3) is 0.462. The number of aliphatic imine (C=N–C) groups is 1. The van der Waals surface area contributed by atoms with E-state index in [2.05, 4.69) is 39.8 Å². The number of hydrogen-bond donors (Lipinski definition) is 8. The first-order valence-electron chi connectivity index (χ1n) is 13.1. The predicted octanol–water partition coefficient (Wildman–Crippen LogP) is -3.38. The maximum Gasteiger partial charge on any atom is 0.343 e. The van der Waals surface area contributed by atoms with Gasteiger partial charge < -0.3 is 35.7 Å². The molecule has 212 valence electrons. The third kappa shape index (κ3) is 3.70. The molecule has 5 heterocycles. The number of aliphatic hydroxyl groups is 2. The van der Waals surface area contributed by atoms with Gasteiger partial charge in [-0.3, -0.25) is 25.2 Å². The van der Waals surface area contributed by atoms with Crippen molar-refractivity contribution in [1.29, 1.82) is 0 Å². The quantitative estimate of drug-likeness (QED) is 0.172. The zero-order chi connectivity index (χ0) is 28.4. The van der Waals surface area contributed by atoms with E-state index in [9.17, 15) is 19.8 Å². The standard InChI is InChI=1S/C26H32N8O6/c1-24(2)8-10-40-18-13(5-3-6-14(18)24)20(35)31-17-12-34-23(28)30-15(11-29-21(36)16-7-4-9-39-16)19-25(34,26(17,37)38)33-22(27)32-19/h3-7,9,15,17,19,37-38H,8,10-12H2,1-2H3,(H2,28,30)(H,29,36)(H,31,35)(H3,27,32,33)/p+1/t15-,17?,19-,25-/m0/s1. The number of benzene rings is 1. The SMILES string of the molecule is CC1(C)CCOc2c(C(=O)NC3CN4C(N)=N[C@@H](CNC(=O)c5ccco5)[C@@H]5[NH+]=C(N)N[C@@]54C3(O)O)cccc21. The van der Waals surface area contributed by atoms with Gasteiger partial charge in [-0.1, -0.05) is 26.0 Å². The minimum atomic E-state index is -2.58. The summed E-state index contributed by atoms with van der Waals surface area (Å²) in [6.45, 7) is 4.54. The van der Waals surface area contributed by atoms with Crippen molar-refractivity contribution in [3.63, 3.8) is 0 Å². The van der Waals surface area contributed by atoms with E-state index in [0.29, 0.717) is 17.9 Å². The Morgan fingerprint density at radius 2 is 2.02 bits per heavy atom. The highest BCUT2D eigenvalue weighted by molar-refractivity contribution is 5.98. The van der Waals surface area contributed by atoms with E-state index >= 15 is 0 Å². The van der Waals surface area contributed by atoms with Crippen LogP contribution < -0.4 is 37.1 Å². The number of carbonyl (C=O) groups excluding carboxylic acids is 2. The number of guanidine groups is 2. The van der Waals surface area contributed by atoms with Crippen LogP contribution in [0.25, 0.3) is 0 Å². The fourth-order valence-corrected chi connectivity index (χ4v) is 6.21.